The zero-order valence-electron chi connectivity index (χ0n) is 14.2. The van der Waals surface area contributed by atoms with Crippen LogP contribution >= 0.6 is 0 Å². The average molecular weight is 349 g/mol. The van der Waals surface area contributed by atoms with E-state index in [1.807, 2.05) is 30.3 Å². The number of halogens is 3. The molecule has 3 rings (SSSR count). The molecule has 2 aromatic carbocycles. The largest absolute Gasteiger partial charge is 0.416 e. The van der Waals surface area contributed by atoms with Gasteiger partial charge in [0.2, 0.25) is 0 Å². The van der Waals surface area contributed by atoms with E-state index in [1.54, 1.807) is 6.92 Å². The van der Waals surface area contributed by atoms with Crippen LogP contribution in [-0.4, -0.2) is 23.1 Å². The summed E-state index contributed by atoms with van der Waals surface area (Å²) >= 11 is 0. The lowest BCUT2D eigenvalue weighted by molar-refractivity contribution is -0.137. The second-order valence-corrected chi connectivity index (χ2v) is 6.86. The number of aliphatic hydroxyl groups is 1. The van der Waals surface area contributed by atoms with Crippen molar-refractivity contribution < 1.29 is 18.3 Å². The molecular weight excluding hydrogens is 327 g/mol. The number of benzene rings is 2. The minimum atomic E-state index is -4.36. The molecule has 0 aromatic heterocycles. The number of likely N-dealkylation sites (tertiary alicyclic amines) is 1. The van der Waals surface area contributed by atoms with Gasteiger partial charge in [0, 0.05) is 13.1 Å². The Balaban J connectivity index is 1.81. The van der Waals surface area contributed by atoms with Gasteiger partial charge in [-0.2, -0.15) is 13.2 Å². The number of aryl methyl sites for hydroxylation is 1. The van der Waals surface area contributed by atoms with E-state index in [4.69, 9.17) is 0 Å². The van der Waals surface area contributed by atoms with Gasteiger partial charge in [-0.1, -0.05) is 36.4 Å². The summed E-state index contributed by atoms with van der Waals surface area (Å²) in [6.45, 7) is 3.66. The topological polar surface area (TPSA) is 23.5 Å². The number of nitrogens with zero attached hydrogens (tertiary/aromatic N) is 1. The first-order valence-electron chi connectivity index (χ1n) is 8.45. The van der Waals surface area contributed by atoms with Crippen LogP contribution in [-0.2, 0) is 18.3 Å². The highest BCUT2D eigenvalue weighted by atomic mass is 19.4. The van der Waals surface area contributed by atoms with Crippen LogP contribution in [0, 0.1) is 6.92 Å². The van der Waals surface area contributed by atoms with Crippen molar-refractivity contribution in [3.8, 4) is 0 Å². The van der Waals surface area contributed by atoms with Crippen LogP contribution in [0.3, 0.4) is 0 Å². The molecule has 0 aliphatic carbocycles. The number of rotatable bonds is 3. The van der Waals surface area contributed by atoms with Crippen LogP contribution in [0.4, 0.5) is 13.2 Å². The van der Waals surface area contributed by atoms with Crippen LogP contribution in [0.5, 0.6) is 0 Å². The molecule has 1 atom stereocenters. The van der Waals surface area contributed by atoms with Gasteiger partial charge in [0.15, 0.2) is 0 Å². The lowest BCUT2D eigenvalue weighted by Gasteiger charge is -2.40. The second-order valence-electron chi connectivity index (χ2n) is 6.86. The fourth-order valence-electron chi connectivity index (χ4n) is 3.68. The molecule has 134 valence electrons. The maximum absolute atomic E-state index is 12.9. The summed E-state index contributed by atoms with van der Waals surface area (Å²) in [5, 5.41) is 11.1. The van der Waals surface area contributed by atoms with Crippen molar-refractivity contribution in [2.75, 3.05) is 13.1 Å². The summed E-state index contributed by atoms with van der Waals surface area (Å²) in [5.74, 6) is 0. The van der Waals surface area contributed by atoms with E-state index >= 15 is 0 Å². The molecule has 1 unspecified atom stereocenters. The van der Waals surface area contributed by atoms with Crippen molar-refractivity contribution in [1.82, 2.24) is 4.90 Å². The molecule has 1 N–H and O–H groups in total. The fraction of sp³-hybridized carbons (Fsp3) is 0.400. The Bertz CT molecular complexity index is 729. The molecule has 0 bridgehead atoms. The third-order valence-corrected chi connectivity index (χ3v) is 4.85. The molecule has 1 heterocycles. The summed E-state index contributed by atoms with van der Waals surface area (Å²) in [5.41, 5.74) is 0.462. The SMILES string of the molecule is Cc1cc(C(F)(F)F)ccc1C1(O)CCCN(Cc2ccccc2)C1. The molecule has 0 spiro atoms. The van der Waals surface area contributed by atoms with Crippen LogP contribution < -0.4 is 0 Å². The van der Waals surface area contributed by atoms with Gasteiger partial charge in [-0.05, 0) is 55.1 Å². The molecule has 0 amide bonds. The van der Waals surface area contributed by atoms with E-state index in [2.05, 4.69) is 4.90 Å². The Morgan fingerprint density at radius 1 is 1.12 bits per heavy atom. The lowest BCUT2D eigenvalue weighted by atomic mass is 9.82. The predicted octanol–water partition coefficient (Wildman–Crippen LogP) is 4.50. The molecule has 1 aliphatic rings. The monoisotopic (exact) mass is 349 g/mol. The smallest absolute Gasteiger partial charge is 0.384 e. The summed E-state index contributed by atoms with van der Waals surface area (Å²) in [6, 6.07) is 13.6. The molecule has 25 heavy (non-hydrogen) atoms. The fourth-order valence-corrected chi connectivity index (χ4v) is 3.68. The zero-order chi connectivity index (χ0) is 18.1. The molecule has 2 aromatic rings. The van der Waals surface area contributed by atoms with Gasteiger partial charge in [0.25, 0.3) is 0 Å². The molecular formula is C20H22F3NO. The molecule has 0 saturated carbocycles. The molecule has 0 radical (unpaired) electrons. The van der Waals surface area contributed by atoms with Gasteiger partial charge in [0.1, 0.15) is 5.60 Å². The Labute approximate surface area is 145 Å². The van der Waals surface area contributed by atoms with Crippen LogP contribution in [0.1, 0.15) is 35.1 Å². The van der Waals surface area contributed by atoms with Gasteiger partial charge in [-0.25, -0.2) is 0 Å². The van der Waals surface area contributed by atoms with E-state index in [0.29, 0.717) is 24.1 Å². The number of alkyl halides is 3. The van der Waals surface area contributed by atoms with E-state index in [0.717, 1.165) is 37.2 Å². The maximum Gasteiger partial charge on any atom is 0.416 e. The first kappa shape index (κ1) is 18.0. The third-order valence-electron chi connectivity index (χ3n) is 4.85. The van der Waals surface area contributed by atoms with E-state index in [1.165, 1.54) is 6.07 Å². The molecule has 5 heteroatoms. The van der Waals surface area contributed by atoms with Gasteiger partial charge in [-0.3, -0.25) is 4.90 Å². The maximum atomic E-state index is 12.9. The Morgan fingerprint density at radius 3 is 2.48 bits per heavy atom. The highest BCUT2D eigenvalue weighted by molar-refractivity contribution is 5.37. The van der Waals surface area contributed by atoms with Crippen molar-refractivity contribution in [2.45, 2.75) is 38.1 Å². The molecule has 2 nitrogen and oxygen atoms in total. The summed E-state index contributed by atoms with van der Waals surface area (Å²) in [6.07, 6.45) is -2.99. The predicted molar refractivity (Wildman–Crippen MR) is 91.0 cm³/mol. The average Bonchev–Trinajstić information content (AvgIpc) is 2.54. The van der Waals surface area contributed by atoms with Crippen molar-refractivity contribution in [1.29, 1.82) is 0 Å². The Hall–Kier alpha value is -1.85. The van der Waals surface area contributed by atoms with Gasteiger partial charge >= 0.3 is 6.18 Å². The minimum Gasteiger partial charge on any atom is -0.384 e. The number of β-amino-alcohol motifs (C(OH)–C–C–N with tert-alkyl or cyclic N) is 1. The van der Waals surface area contributed by atoms with E-state index in [-0.39, 0.29) is 0 Å². The zero-order valence-corrected chi connectivity index (χ0v) is 14.2. The normalized spacial score (nSPS) is 22.1. The lowest BCUT2D eigenvalue weighted by Crippen LogP contribution is -2.46. The standard InChI is InChI=1S/C20H22F3NO/c1-15-12-17(20(21,22)23)8-9-18(15)19(25)10-5-11-24(14-19)13-16-6-3-2-4-7-16/h2-4,6-9,12,25H,5,10-11,13-14H2,1H3. The number of hydrogen-bond donors (Lipinski definition) is 1. The van der Waals surface area contributed by atoms with Gasteiger partial charge in [-0.15, -0.1) is 0 Å². The van der Waals surface area contributed by atoms with Crippen molar-refractivity contribution in [3.63, 3.8) is 0 Å². The van der Waals surface area contributed by atoms with Crippen molar-refractivity contribution in [3.05, 3.63) is 70.8 Å². The van der Waals surface area contributed by atoms with E-state index in [9.17, 15) is 18.3 Å². The van der Waals surface area contributed by atoms with Crippen LogP contribution in [0.15, 0.2) is 48.5 Å². The highest BCUT2D eigenvalue weighted by Gasteiger charge is 2.37. The Morgan fingerprint density at radius 2 is 1.84 bits per heavy atom. The second kappa shape index (κ2) is 6.81. The first-order chi connectivity index (χ1) is 11.8. The third kappa shape index (κ3) is 4.05. The quantitative estimate of drug-likeness (QED) is 0.882. The van der Waals surface area contributed by atoms with Crippen molar-refractivity contribution in [2.24, 2.45) is 0 Å². The molecule has 1 saturated heterocycles. The van der Waals surface area contributed by atoms with Crippen LogP contribution in [0.2, 0.25) is 0 Å². The first-order valence-corrected chi connectivity index (χ1v) is 8.45. The molecule has 1 aliphatic heterocycles. The molecule has 1 fully saturated rings. The number of piperidine rings is 1. The van der Waals surface area contributed by atoms with Gasteiger partial charge < -0.3 is 5.11 Å². The van der Waals surface area contributed by atoms with Gasteiger partial charge in [0.05, 0.1) is 5.56 Å². The van der Waals surface area contributed by atoms with Crippen LogP contribution in [0.25, 0.3) is 0 Å². The summed E-state index contributed by atoms with van der Waals surface area (Å²) in [7, 11) is 0. The van der Waals surface area contributed by atoms with E-state index < -0.39 is 17.3 Å². The number of hydrogen-bond acceptors (Lipinski definition) is 2. The highest BCUT2D eigenvalue weighted by Crippen LogP contribution is 2.37. The van der Waals surface area contributed by atoms with Crippen molar-refractivity contribution >= 4 is 0 Å². The Kier molecular flexibility index (Phi) is 4.89. The summed E-state index contributed by atoms with van der Waals surface area (Å²) in [4.78, 5) is 2.16. The minimum absolute atomic E-state index is 0.425. The summed E-state index contributed by atoms with van der Waals surface area (Å²) < 4.78 is 38.6.